The molecule has 6 heterocycles. The molecule has 23 nitrogen and oxygen atoms in total. The van der Waals surface area contributed by atoms with Gasteiger partial charge < -0.3 is 66.0 Å². The van der Waals surface area contributed by atoms with Crippen molar-refractivity contribution in [1.82, 2.24) is 9.13 Å². The molecule has 12 atom stereocenters. The first kappa shape index (κ1) is 50.8. The molecule has 0 N–H and O–H groups in total. The molecule has 0 saturated carbocycles. The van der Waals surface area contributed by atoms with Gasteiger partial charge in [-0.15, -0.1) is 0 Å². The first-order chi connectivity index (χ1) is 45.2. The van der Waals surface area contributed by atoms with Crippen molar-refractivity contribution in [3.05, 3.63) is 129 Å². The molecule has 0 radical (unpaired) electrons. The third-order valence-electron chi connectivity index (χ3n) is 14.6. The Hall–Kier alpha value is -8.51. The summed E-state index contributed by atoms with van der Waals surface area (Å²) in [5.41, 5.74) is 3.36. The van der Waals surface area contributed by atoms with Crippen molar-refractivity contribution in [3.8, 4) is 11.5 Å². The van der Waals surface area contributed by atoms with Crippen LogP contribution < -0.4 is 9.47 Å². The van der Waals surface area contributed by atoms with Gasteiger partial charge in [0.05, 0.1) is 21.1 Å². The van der Waals surface area contributed by atoms with E-state index in [-0.39, 0.29) is 39.8 Å². The van der Waals surface area contributed by atoms with E-state index in [4.69, 9.17) is 91.0 Å². The van der Waals surface area contributed by atoms with Crippen molar-refractivity contribution in [3.63, 3.8) is 0 Å². The molecule has 4 aliphatic rings. The average molecular weight is 1230 g/mol. The second-order valence-electron chi connectivity index (χ2n) is 20.1. The molecule has 0 spiro atoms. The smallest absolute Gasteiger partial charge is 0.303 e. The number of benzene rings is 4. The van der Waals surface area contributed by atoms with Crippen molar-refractivity contribution < 1.29 is 111 Å². The summed E-state index contributed by atoms with van der Waals surface area (Å²) in [7, 11) is 0. The van der Waals surface area contributed by atoms with Crippen LogP contribution in [-0.4, -0.2) is 125 Å². The van der Waals surface area contributed by atoms with Crippen molar-refractivity contribution in [1.29, 1.82) is 0 Å². The van der Waals surface area contributed by atoms with E-state index >= 15 is 0 Å². The summed E-state index contributed by atoms with van der Waals surface area (Å²) in [5, 5.41) is 1.28. The Kier molecular flexibility index (Phi) is 14.7. The number of fused-ring (bicyclic) bond motifs is 4. The summed E-state index contributed by atoms with van der Waals surface area (Å²) in [6.45, 7) is -8.57. The summed E-state index contributed by atoms with van der Waals surface area (Å²) in [6.07, 6.45) is -14.7. The molecule has 0 bridgehead atoms. The number of hydrogen-bond donors (Lipinski definition) is 0. The number of carbonyl (C=O) groups excluding carboxylic acids is 9. The fourth-order valence-corrected chi connectivity index (χ4v) is 11.9. The number of ether oxygens (including phenoxy) is 12. The maximum atomic E-state index is 14.6. The number of halogens is 2. The summed E-state index contributed by atoms with van der Waals surface area (Å²) in [5.74, 6) is -8.42. The monoisotopic (exact) mass is 1230 g/mol. The van der Waals surface area contributed by atoms with Gasteiger partial charge in [0.25, 0.3) is 0 Å². The van der Waals surface area contributed by atoms with Crippen LogP contribution in [0.15, 0.2) is 85.2 Å². The van der Waals surface area contributed by atoms with Gasteiger partial charge >= 0.3 is 47.8 Å². The van der Waals surface area contributed by atoms with Gasteiger partial charge in [-0.1, -0.05) is 35.3 Å². The minimum atomic E-state index is -1.78. The van der Waals surface area contributed by atoms with Gasteiger partial charge in [0.1, 0.15) is 49.1 Å². The molecule has 2 fully saturated rings. The lowest BCUT2D eigenvalue weighted by Crippen LogP contribution is -2.60. The Morgan fingerprint density at radius 1 is 0.477 bits per heavy atom. The van der Waals surface area contributed by atoms with Gasteiger partial charge in [-0.25, -0.2) is 0 Å². The maximum absolute atomic E-state index is 14.6. The van der Waals surface area contributed by atoms with Crippen molar-refractivity contribution in [2.75, 3.05) is 13.2 Å². The Bertz CT molecular complexity index is 3680. The van der Waals surface area contributed by atoms with E-state index in [0.717, 1.165) is 0 Å². The number of ketones is 1. The van der Waals surface area contributed by atoms with Crippen LogP contribution in [0.2, 0.25) is 10.0 Å². The molecule has 4 aliphatic heterocycles. The molecule has 6 aromatic rings. The van der Waals surface area contributed by atoms with Gasteiger partial charge in [-0.3, -0.25) is 43.2 Å². The number of hydrogen-bond acceptors (Lipinski definition) is 21. The predicted molar refractivity (Wildman–Crippen MR) is 299 cm³/mol. The van der Waals surface area contributed by atoms with Gasteiger partial charge in [-0.05, 0) is 71.8 Å². The van der Waals surface area contributed by atoms with Crippen LogP contribution in [0.5, 0.6) is 11.5 Å². The highest BCUT2D eigenvalue weighted by Crippen LogP contribution is 2.48. The van der Waals surface area contributed by atoms with Crippen LogP contribution in [0.1, 0.15) is 129 Å². The molecule has 25 heteroatoms. The summed E-state index contributed by atoms with van der Waals surface area (Å²) >= 11 is 13.9. The quantitative estimate of drug-likeness (QED) is 0.0504. The van der Waals surface area contributed by atoms with E-state index < -0.39 is 190 Å². The number of carbonyl (C=O) groups is 9. The molecule has 2 saturated heterocycles. The van der Waals surface area contributed by atoms with E-state index in [9.17, 15) is 43.2 Å². The lowest BCUT2D eigenvalue weighted by atomic mass is 9.96. The van der Waals surface area contributed by atoms with Crippen LogP contribution >= 0.6 is 23.2 Å². The lowest BCUT2D eigenvalue weighted by molar-refractivity contribution is -0.267. The Balaban J connectivity index is 0.938. The number of rotatable bonds is 16. The summed E-state index contributed by atoms with van der Waals surface area (Å²) < 4.78 is 134. The number of nitrogens with zero attached hydrogens (tertiary/aromatic N) is 2. The predicted octanol–water partition coefficient (Wildman–Crippen LogP) is 8.00. The van der Waals surface area contributed by atoms with Crippen LogP contribution in [-0.2, 0) is 98.6 Å². The second kappa shape index (κ2) is 24.8. The van der Waals surface area contributed by atoms with Crippen molar-refractivity contribution >= 4 is 98.5 Å². The van der Waals surface area contributed by atoms with Crippen LogP contribution in [0.3, 0.4) is 0 Å². The number of aromatic nitrogens is 2. The Labute approximate surface area is 511 Å². The molecule has 452 valence electrons. The molecule has 4 aromatic carbocycles. The van der Waals surface area contributed by atoms with Gasteiger partial charge in [0.2, 0.25) is 0 Å². The molecule has 0 amide bonds. The van der Waals surface area contributed by atoms with Crippen LogP contribution in [0, 0.1) is 0 Å². The van der Waals surface area contributed by atoms with E-state index in [1.807, 2.05) is 0 Å². The molecule has 4 unspecified atom stereocenters. The van der Waals surface area contributed by atoms with E-state index in [1.54, 1.807) is 85.2 Å². The zero-order valence-corrected chi connectivity index (χ0v) is 46.7. The molecule has 10 rings (SSSR count). The fourth-order valence-electron chi connectivity index (χ4n) is 11.4. The molecular weight excluding hydrogens is 1170 g/mol. The highest BCUT2D eigenvalue weighted by molar-refractivity contribution is 6.36. The highest BCUT2D eigenvalue weighted by Gasteiger charge is 2.55. The molecule has 2 aromatic heterocycles. The first-order valence-corrected chi connectivity index (χ1v) is 26.9. The summed E-state index contributed by atoms with van der Waals surface area (Å²) in [4.78, 5) is 117. The third-order valence-corrected chi connectivity index (χ3v) is 15.2. The zero-order chi connectivity index (χ0) is 67.2. The lowest BCUT2D eigenvalue weighted by Gasteiger charge is -2.44. The largest absolute Gasteiger partial charge is 0.485 e. The second-order valence-corrected chi connectivity index (χ2v) is 20.9. The standard InChI is InChI=1S/C61H58Cl2N2O21/c1-27(66)75-25-49-54(77-29(3)68)56(79-31(5)70)58(81-33(7)72)60(85-49)64-23-39(51-41(62)11-9-13-43(51)64)47-21-37-19-35(15-17-45(37)83-47)53(74)36-16-18-46-38(20-36)22-48(84-46)40-24-65(44-14-10-12-42(63)52(40)44)61-59(82-34(8)73)57(80-32(6)71)55(78-30(4)69)50(86-61)26-76-28(2)67/h9-20,23-24,47-50,54-61H,21-22,25-26H2,1-8H3/t47?,48?,49-,50-,54-,55-,56+,57+,58-,59-,60?,61?/m1/s1/i1D,2D,3D,4D,5D,6D,7D,8D. The Morgan fingerprint density at radius 2 is 0.837 bits per heavy atom. The van der Waals surface area contributed by atoms with Gasteiger partial charge in [0, 0.05) is 124 Å². The van der Waals surface area contributed by atoms with Crippen LogP contribution in [0.4, 0.5) is 0 Å². The van der Waals surface area contributed by atoms with Crippen LogP contribution in [0.25, 0.3) is 21.8 Å². The van der Waals surface area contributed by atoms with Gasteiger partial charge in [-0.2, -0.15) is 0 Å². The SMILES string of the molecule is [2H]CC(=O)OC[C@H]1OC(n2cc(C3Cc4cc(C(=O)c5ccc6c(c5)CC(c5cn(C7O[C@H](COC(=O)C[2H])[C@@H](OC(=O)C[2H])[C@H](OC(=O)C[2H])[C@H]7OC(=O)C[2H])c7cccc(Cl)c57)O6)ccc4O3)c3c(Cl)cccc32)[C@H](OC(=O)C[2H])[C@@H](OC(=O)C[2H])[C@@H]1OC(=O)C[2H]. The Morgan fingerprint density at radius 3 is 1.21 bits per heavy atom. The highest BCUT2D eigenvalue weighted by atomic mass is 35.5. The fraction of sp³-hybridized carbons (Fsp3) is 0.393. The normalized spacial score (nSPS) is 25.9. The van der Waals surface area contributed by atoms with Gasteiger partial charge in [0.15, 0.2) is 54.9 Å². The number of esters is 8. The van der Waals surface area contributed by atoms with E-state index in [0.29, 0.717) is 55.6 Å². The van der Waals surface area contributed by atoms with Crippen molar-refractivity contribution in [2.24, 2.45) is 0 Å². The zero-order valence-electron chi connectivity index (χ0n) is 53.2. The van der Waals surface area contributed by atoms with E-state index in [2.05, 4.69) is 0 Å². The minimum absolute atomic E-state index is 0.163. The molecular formula is C61H58Cl2N2O21. The first-order valence-electron chi connectivity index (χ1n) is 31.8. The molecule has 0 aliphatic carbocycles. The molecule has 86 heavy (non-hydrogen) atoms. The van der Waals surface area contributed by atoms with E-state index in [1.165, 1.54) is 9.13 Å². The topological polar surface area (TPSA) is 274 Å². The average Bonchev–Trinajstić information content (AvgIpc) is 1.54. The van der Waals surface area contributed by atoms with Crippen molar-refractivity contribution in [2.45, 2.75) is 142 Å². The summed E-state index contributed by atoms with van der Waals surface area (Å²) in [6, 6.07) is 19.5. The maximum Gasteiger partial charge on any atom is 0.303 e. The minimum Gasteiger partial charge on any atom is -0.485 e. The third kappa shape index (κ3) is 12.4.